The minimum Gasteiger partial charge on any atom is -0.0654 e. The highest BCUT2D eigenvalue weighted by Crippen LogP contribution is 2.33. The van der Waals surface area contributed by atoms with E-state index in [-0.39, 0.29) is 0 Å². The topological polar surface area (TPSA) is 0 Å². The summed E-state index contributed by atoms with van der Waals surface area (Å²) in [7, 11) is 0. The Morgan fingerprint density at radius 2 is 1.22 bits per heavy atom. The quantitative estimate of drug-likeness (QED) is 0.372. The largest absolute Gasteiger partial charge is 0.0654 e. The van der Waals surface area contributed by atoms with Crippen molar-refractivity contribution in [3.63, 3.8) is 0 Å². The molecule has 0 aromatic heterocycles. The van der Waals surface area contributed by atoms with Crippen LogP contribution in [-0.4, -0.2) is 0 Å². The van der Waals surface area contributed by atoms with E-state index in [1.54, 1.807) is 0 Å². The molecule has 0 aliphatic heterocycles. The van der Waals surface area contributed by atoms with Crippen LogP contribution in [0, 0.1) is 6.42 Å². The fourth-order valence-electron chi connectivity index (χ4n) is 4.36. The molecule has 1 aliphatic rings. The van der Waals surface area contributed by atoms with Gasteiger partial charge in [0.2, 0.25) is 0 Å². The fraction of sp³-hybridized carbons (Fsp3) is 0.519. The molecule has 0 heterocycles. The van der Waals surface area contributed by atoms with Crippen LogP contribution in [-0.2, 0) is 6.42 Å². The maximum Gasteiger partial charge on any atom is -0.0162 e. The van der Waals surface area contributed by atoms with Crippen LogP contribution in [0.5, 0.6) is 0 Å². The summed E-state index contributed by atoms with van der Waals surface area (Å²) in [5.41, 5.74) is 5.72. The van der Waals surface area contributed by atoms with Crippen molar-refractivity contribution in [1.29, 1.82) is 0 Å². The molecule has 0 bridgehead atoms. The van der Waals surface area contributed by atoms with E-state index in [2.05, 4.69) is 61.9 Å². The van der Waals surface area contributed by atoms with Crippen molar-refractivity contribution < 1.29 is 0 Å². The van der Waals surface area contributed by atoms with E-state index in [9.17, 15) is 0 Å². The molecule has 1 aliphatic carbocycles. The minimum atomic E-state index is 0.772. The van der Waals surface area contributed by atoms with Crippen molar-refractivity contribution in [1.82, 2.24) is 0 Å². The van der Waals surface area contributed by atoms with Crippen LogP contribution in [0.2, 0.25) is 0 Å². The summed E-state index contributed by atoms with van der Waals surface area (Å²) in [4.78, 5) is 0. The maximum absolute atomic E-state index is 2.44. The molecule has 0 heteroatoms. The smallest absolute Gasteiger partial charge is 0.0162 e. The van der Waals surface area contributed by atoms with Gasteiger partial charge in [0.1, 0.15) is 0 Å². The van der Waals surface area contributed by atoms with Crippen LogP contribution in [0.25, 0.3) is 11.1 Å². The van der Waals surface area contributed by atoms with Crippen molar-refractivity contribution in [2.75, 3.05) is 0 Å². The fourth-order valence-corrected chi connectivity index (χ4v) is 4.36. The Morgan fingerprint density at radius 1 is 0.667 bits per heavy atom. The molecule has 1 fully saturated rings. The van der Waals surface area contributed by atoms with Gasteiger partial charge in [0.25, 0.3) is 0 Å². The summed E-state index contributed by atoms with van der Waals surface area (Å²) < 4.78 is 0. The molecule has 0 unspecified atom stereocenters. The lowest BCUT2D eigenvalue weighted by molar-refractivity contribution is 0.512. The Hall–Kier alpha value is -1.56. The van der Waals surface area contributed by atoms with Crippen LogP contribution >= 0.6 is 0 Å². The van der Waals surface area contributed by atoms with E-state index in [1.165, 1.54) is 99.3 Å². The molecule has 0 saturated heterocycles. The Labute approximate surface area is 167 Å². The summed E-state index contributed by atoms with van der Waals surface area (Å²) in [5.74, 6) is 0.772. The van der Waals surface area contributed by atoms with Crippen LogP contribution in [0.3, 0.4) is 0 Å². The average Bonchev–Trinajstić information content (AvgIpc) is 2.74. The first kappa shape index (κ1) is 20.2. The molecular formula is C27H37. The predicted octanol–water partition coefficient (Wildman–Crippen LogP) is 8.51. The third-order valence-electron chi connectivity index (χ3n) is 6.18. The standard InChI is InChI=1S/C27H37/c1-2-3-4-5-6-7-9-12-23-15-17-25(18-16-23)27-21-19-26(20-22-27)24-13-10-8-11-14-24/h8,15-22,24H,2-7,9-14H2,1H3. The first-order valence-corrected chi connectivity index (χ1v) is 11.4. The van der Waals surface area contributed by atoms with E-state index in [1.807, 2.05) is 0 Å². The van der Waals surface area contributed by atoms with Gasteiger partial charge in [-0.15, -0.1) is 0 Å². The van der Waals surface area contributed by atoms with Gasteiger partial charge in [-0.05, 0) is 73.1 Å². The zero-order valence-corrected chi connectivity index (χ0v) is 17.3. The molecule has 0 nitrogen and oxygen atoms in total. The second-order valence-electron chi connectivity index (χ2n) is 8.33. The highest BCUT2D eigenvalue weighted by Gasteiger charge is 2.15. The van der Waals surface area contributed by atoms with Crippen LogP contribution < -0.4 is 0 Å². The summed E-state index contributed by atoms with van der Waals surface area (Å²) in [6.45, 7) is 2.29. The Balaban J connectivity index is 1.45. The van der Waals surface area contributed by atoms with Crippen molar-refractivity contribution in [3.8, 4) is 11.1 Å². The van der Waals surface area contributed by atoms with Gasteiger partial charge in [0.15, 0.2) is 0 Å². The van der Waals surface area contributed by atoms with Crippen molar-refractivity contribution in [3.05, 3.63) is 66.1 Å². The second kappa shape index (κ2) is 11.3. The van der Waals surface area contributed by atoms with Gasteiger partial charge in [-0.1, -0.05) is 94.0 Å². The highest BCUT2D eigenvalue weighted by molar-refractivity contribution is 5.64. The molecular weight excluding hydrogens is 324 g/mol. The number of hydrogen-bond acceptors (Lipinski definition) is 0. The molecule has 2 aromatic carbocycles. The molecule has 3 rings (SSSR count). The third kappa shape index (κ3) is 6.52. The Bertz CT molecular complexity index is 629. The molecule has 0 spiro atoms. The van der Waals surface area contributed by atoms with Crippen LogP contribution in [0.15, 0.2) is 48.5 Å². The maximum atomic E-state index is 2.44. The molecule has 27 heavy (non-hydrogen) atoms. The molecule has 2 aromatic rings. The van der Waals surface area contributed by atoms with E-state index < -0.39 is 0 Å². The number of rotatable bonds is 10. The Morgan fingerprint density at radius 3 is 1.85 bits per heavy atom. The van der Waals surface area contributed by atoms with E-state index in [0.29, 0.717) is 0 Å². The number of hydrogen-bond donors (Lipinski definition) is 0. The van der Waals surface area contributed by atoms with Gasteiger partial charge in [-0.2, -0.15) is 0 Å². The third-order valence-corrected chi connectivity index (χ3v) is 6.18. The SMILES string of the molecule is CCCCCCCCCc1ccc(-c2ccc(C3CC[CH]CC3)cc2)cc1. The summed E-state index contributed by atoms with van der Waals surface area (Å²) in [6, 6.07) is 18.6. The number of unbranched alkanes of at least 4 members (excludes halogenated alkanes) is 6. The lowest BCUT2D eigenvalue weighted by Crippen LogP contribution is -2.04. The Kier molecular flexibility index (Phi) is 8.46. The predicted molar refractivity (Wildman–Crippen MR) is 119 cm³/mol. The minimum absolute atomic E-state index is 0.772. The van der Waals surface area contributed by atoms with Gasteiger partial charge in [0.05, 0.1) is 0 Å². The van der Waals surface area contributed by atoms with E-state index in [0.717, 1.165) is 5.92 Å². The molecule has 0 N–H and O–H groups in total. The van der Waals surface area contributed by atoms with Crippen molar-refractivity contribution >= 4 is 0 Å². The summed E-state index contributed by atoms with van der Waals surface area (Å²) >= 11 is 0. The first-order chi connectivity index (χ1) is 13.4. The van der Waals surface area contributed by atoms with Gasteiger partial charge in [0, 0.05) is 0 Å². The lowest BCUT2D eigenvalue weighted by atomic mass is 9.83. The van der Waals surface area contributed by atoms with E-state index in [4.69, 9.17) is 0 Å². The summed E-state index contributed by atoms with van der Waals surface area (Å²) in [6.07, 6.45) is 18.6. The normalized spacial score (nSPS) is 15.1. The monoisotopic (exact) mass is 361 g/mol. The molecule has 0 amide bonds. The van der Waals surface area contributed by atoms with Crippen LogP contribution in [0.1, 0.15) is 94.6 Å². The highest BCUT2D eigenvalue weighted by atomic mass is 14.2. The zero-order chi connectivity index (χ0) is 18.7. The lowest BCUT2D eigenvalue weighted by Gasteiger charge is -2.22. The second-order valence-corrected chi connectivity index (χ2v) is 8.33. The molecule has 0 atom stereocenters. The molecule has 1 radical (unpaired) electrons. The van der Waals surface area contributed by atoms with Crippen molar-refractivity contribution in [2.45, 2.75) is 89.9 Å². The van der Waals surface area contributed by atoms with E-state index >= 15 is 0 Å². The molecule has 1 saturated carbocycles. The number of benzene rings is 2. The molecule has 145 valence electrons. The number of aryl methyl sites for hydroxylation is 1. The van der Waals surface area contributed by atoms with Gasteiger partial charge in [-0.3, -0.25) is 0 Å². The van der Waals surface area contributed by atoms with Crippen LogP contribution in [0.4, 0.5) is 0 Å². The van der Waals surface area contributed by atoms with Gasteiger partial charge >= 0.3 is 0 Å². The van der Waals surface area contributed by atoms with Crippen molar-refractivity contribution in [2.24, 2.45) is 0 Å². The van der Waals surface area contributed by atoms with Gasteiger partial charge in [-0.25, -0.2) is 0 Å². The summed E-state index contributed by atoms with van der Waals surface area (Å²) in [5, 5.41) is 0. The van der Waals surface area contributed by atoms with Gasteiger partial charge < -0.3 is 0 Å². The first-order valence-electron chi connectivity index (χ1n) is 11.4. The average molecular weight is 362 g/mol. The zero-order valence-electron chi connectivity index (χ0n) is 17.3.